The largest absolute Gasteiger partial charge is 0.497 e. The van der Waals surface area contributed by atoms with Crippen LogP contribution in [-0.2, 0) is 11.4 Å². The van der Waals surface area contributed by atoms with E-state index in [0.717, 1.165) is 16.9 Å². The molecule has 0 bridgehead atoms. The lowest BCUT2D eigenvalue weighted by molar-refractivity contribution is -0.123. The number of methoxy groups -OCH3 is 1. The second-order valence-electron chi connectivity index (χ2n) is 8.26. The summed E-state index contributed by atoms with van der Waals surface area (Å²) in [6.07, 6.45) is 1.51. The molecule has 0 spiro atoms. The van der Waals surface area contributed by atoms with Gasteiger partial charge in [-0.25, -0.2) is 5.43 Å². The topological polar surface area (TPSA) is 89.0 Å². The monoisotopic (exact) mass is 527 g/mol. The molecule has 3 rings (SSSR count). The fourth-order valence-electron chi connectivity index (χ4n) is 3.21. The quantitative estimate of drug-likeness (QED) is 0.269. The van der Waals surface area contributed by atoms with E-state index >= 15 is 0 Å². The molecular formula is C27H27Cl2N3O4. The van der Waals surface area contributed by atoms with Crippen molar-refractivity contribution in [3.63, 3.8) is 0 Å². The first kappa shape index (κ1) is 27.0. The molecule has 2 amide bonds. The molecular weight excluding hydrogens is 501 g/mol. The molecule has 0 aromatic heterocycles. The Morgan fingerprint density at radius 2 is 1.64 bits per heavy atom. The van der Waals surface area contributed by atoms with Crippen LogP contribution in [0.5, 0.6) is 11.5 Å². The summed E-state index contributed by atoms with van der Waals surface area (Å²) in [5.41, 5.74) is 4.51. The number of carbonyl (C=O) groups is 2. The third-order valence-electron chi connectivity index (χ3n) is 5.24. The predicted octanol–water partition coefficient (Wildman–Crippen LogP) is 5.49. The lowest BCUT2D eigenvalue weighted by atomic mass is 10.0. The number of benzene rings is 3. The number of nitrogens with one attached hydrogen (secondary N) is 2. The number of carbonyl (C=O) groups excluding carboxylic acids is 2. The average Bonchev–Trinajstić information content (AvgIpc) is 2.86. The highest BCUT2D eigenvalue weighted by Gasteiger charge is 2.25. The first-order chi connectivity index (χ1) is 17.3. The van der Waals surface area contributed by atoms with Crippen LogP contribution in [0.4, 0.5) is 0 Å². The standard InChI is InChI=1S/C27H27Cl2N3O4/c1-17(2)25(31-26(33)23-13-8-20(28)14-24(23)29)27(34)32-30-15-18-4-11-22(12-5-18)36-16-19-6-9-21(35-3)10-7-19/h4-15,17,25H,16H2,1-3H3,(H,31,33)(H,32,34). The van der Waals surface area contributed by atoms with Gasteiger partial charge in [-0.1, -0.05) is 49.2 Å². The molecule has 7 nitrogen and oxygen atoms in total. The Labute approximate surface area is 220 Å². The molecule has 0 radical (unpaired) electrons. The van der Waals surface area contributed by atoms with Crippen molar-refractivity contribution in [2.24, 2.45) is 11.0 Å². The Bertz CT molecular complexity index is 1210. The Kier molecular flexibility index (Phi) is 9.73. The second kappa shape index (κ2) is 13.0. The Balaban J connectivity index is 1.53. The van der Waals surface area contributed by atoms with Gasteiger partial charge < -0.3 is 14.8 Å². The van der Waals surface area contributed by atoms with Crippen molar-refractivity contribution in [2.45, 2.75) is 26.5 Å². The van der Waals surface area contributed by atoms with Gasteiger partial charge in [-0.05, 0) is 71.6 Å². The van der Waals surface area contributed by atoms with E-state index in [0.29, 0.717) is 17.4 Å². The van der Waals surface area contributed by atoms with Crippen molar-refractivity contribution in [1.82, 2.24) is 10.7 Å². The van der Waals surface area contributed by atoms with E-state index in [1.807, 2.05) is 62.4 Å². The van der Waals surface area contributed by atoms with Crippen molar-refractivity contribution < 1.29 is 19.1 Å². The molecule has 0 saturated heterocycles. The number of rotatable bonds is 10. The summed E-state index contributed by atoms with van der Waals surface area (Å²) in [5, 5.41) is 7.35. The van der Waals surface area contributed by atoms with E-state index in [-0.39, 0.29) is 16.5 Å². The van der Waals surface area contributed by atoms with Crippen molar-refractivity contribution >= 4 is 41.2 Å². The maximum Gasteiger partial charge on any atom is 0.262 e. The van der Waals surface area contributed by atoms with Gasteiger partial charge in [0.2, 0.25) is 0 Å². The van der Waals surface area contributed by atoms with E-state index in [1.54, 1.807) is 13.2 Å². The number of halogens is 2. The first-order valence-electron chi connectivity index (χ1n) is 11.2. The molecule has 9 heteroatoms. The van der Waals surface area contributed by atoms with Crippen LogP contribution in [0.3, 0.4) is 0 Å². The highest BCUT2D eigenvalue weighted by atomic mass is 35.5. The highest BCUT2D eigenvalue weighted by Crippen LogP contribution is 2.21. The van der Waals surface area contributed by atoms with E-state index in [2.05, 4.69) is 15.8 Å². The van der Waals surface area contributed by atoms with Gasteiger partial charge in [0, 0.05) is 5.02 Å². The van der Waals surface area contributed by atoms with Gasteiger partial charge in [0.25, 0.3) is 11.8 Å². The smallest absolute Gasteiger partial charge is 0.262 e. The van der Waals surface area contributed by atoms with E-state index in [9.17, 15) is 9.59 Å². The zero-order valence-electron chi connectivity index (χ0n) is 20.1. The summed E-state index contributed by atoms with van der Waals surface area (Å²) < 4.78 is 11.0. The third kappa shape index (κ3) is 7.73. The van der Waals surface area contributed by atoms with Gasteiger partial charge in [-0.2, -0.15) is 5.10 Å². The van der Waals surface area contributed by atoms with E-state index in [1.165, 1.54) is 18.3 Å². The van der Waals surface area contributed by atoms with Crippen molar-refractivity contribution in [3.05, 3.63) is 93.5 Å². The first-order valence-corrected chi connectivity index (χ1v) is 12.0. The van der Waals surface area contributed by atoms with Crippen LogP contribution in [0.1, 0.15) is 35.3 Å². The number of ether oxygens (including phenoxy) is 2. The number of hydrogen-bond donors (Lipinski definition) is 2. The normalized spacial score (nSPS) is 11.8. The SMILES string of the molecule is COc1ccc(COc2ccc(C=NNC(=O)C(NC(=O)c3ccc(Cl)cc3Cl)C(C)C)cc2)cc1. The number of nitrogens with zero attached hydrogens (tertiary/aromatic N) is 1. The molecule has 3 aromatic carbocycles. The van der Waals surface area contributed by atoms with Gasteiger partial charge in [-0.3, -0.25) is 9.59 Å². The maximum absolute atomic E-state index is 12.7. The molecule has 0 aliphatic carbocycles. The molecule has 1 unspecified atom stereocenters. The van der Waals surface area contributed by atoms with Gasteiger partial charge >= 0.3 is 0 Å². The maximum atomic E-state index is 12.7. The zero-order valence-corrected chi connectivity index (χ0v) is 21.6. The van der Waals surface area contributed by atoms with Crippen LogP contribution < -0.4 is 20.2 Å². The number of amides is 2. The molecule has 0 aliphatic heterocycles. The summed E-state index contributed by atoms with van der Waals surface area (Å²) in [6, 6.07) is 18.7. The fourth-order valence-corrected chi connectivity index (χ4v) is 3.70. The summed E-state index contributed by atoms with van der Waals surface area (Å²) >= 11 is 12.0. The summed E-state index contributed by atoms with van der Waals surface area (Å²) in [7, 11) is 1.63. The molecule has 188 valence electrons. The van der Waals surface area contributed by atoms with Crippen LogP contribution in [0.15, 0.2) is 71.8 Å². The molecule has 3 aromatic rings. The minimum absolute atomic E-state index is 0.183. The van der Waals surface area contributed by atoms with Crippen LogP contribution >= 0.6 is 23.2 Å². The fraction of sp³-hybridized carbons (Fsp3) is 0.222. The Hall–Kier alpha value is -3.55. The number of hydrogen-bond acceptors (Lipinski definition) is 5. The zero-order chi connectivity index (χ0) is 26.1. The van der Waals surface area contributed by atoms with Gasteiger partial charge in [0.1, 0.15) is 24.1 Å². The number of hydrazone groups is 1. The van der Waals surface area contributed by atoms with Gasteiger partial charge in [-0.15, -0.1) is 0 Å². The Morgan fingerprint density at radius 1 is 0.972 bits per heavy atom. The van der Waals surface area contributed by atoms with Gasteiger partial charge in [0.15, 0.2) is 0 Å². The average molecular weight is 528 g/mol. The Morgan fingerprint density at radius 3 is 2.25 bits per heavy atom. The minimum atomic E-state index is -0.810. The van der Waals surface area contributed by atoms with Crippen LogP contribution in [0, 0.1) is 5.92 Å². The summed E-state index contributed by atoms with van der Waals surface area (Å²) in [4.78, 5) is 25.3. The molecule has 0 aliphatic rings. The van der Waals surface area contributed by atoms with Crippen LogP contribution in [-0.4, -0.2) is 31.2 Å². The third-order valence-corrected chi connectivity index (χ3v) is 5.79. The van der Waals surface area contributed by atoms with Crippen molar-refractivity contribution in [3.8, 4) is 11.5 Å². The molecule has 0 saturated carbocycles. The predicted molar refractivity (Wildman–Crippen MR) is 142 cm³/mol. The van der Waals surface area contributed by atoms with Crippen molar-refractivity contribution in [1.29, 1.82) is 0 Å². The van der Waals surface area contributed by atoms with E-state index in [4.69, 9.17) is 32.7 Å². The minimum Gasteiger partial charge on any atom is -0.497 e. The summed E-state index contributed by atoms with van der Waals surface area (Å²) in [6.45, 7) is 4.07. The molecule has 2 N–H and O–H groups in total. The van der Waals surface area contributed by atoms with Crippen LogP contribution in [0.2, 0.25) is 10.0 Å². The van der Waals surface area contributed by atoms with E-state index < -0.39 is 17.9 Å². The van der Waals surface area contributed by atoms with Crippen LogP contribution in [0.25, 0.3) is 0 Å². The van der Waals surface area contributed by atoms with Crippen molar-refractivity contribution in [2.75, 3.05) is 7.11 Å². The lowest BCUT2D eigenvalue weighted by Gasteiger charge is -2.20. The second-order valence-corrected chi connectivity index (χ2v) is 9.10. The van der Waals surface area contributed by atoms with Gasteiger partial charge in [0.05, 0.1) is 23.9 Å². The molecule has 36 heavy (non-hydrogen) atoms. The summed E-state index contributed by atoms with van der Waals surface area (Å²) in [5.74, 6) is 0.397. The molecule has 1 atom stereocenters. The lowest BCUT2D eigenvalue weighted by Crippen LogP contribution is -2.48. The highest BCUT2D eigenvalue weighted by molar-refractivity contribution is 6.36. The molecule has 0 heterocycles. The molecule has 0 fully saturated rings.